The number of hydrogen-bond donors (Lipinski definition) is 1. The van der Waals surface area contributed by atoms with Gasteiger partial charge in [-0.3, -0.25) is 0 Å². The number of rotatable bonds is 5. The van der Waals surface area contributed by atoms with Gasteiger partial charge in [-0.25, -0.2) is 4.98 Å². The van der Waals surface area contributed by atoms with Gasteiger partial charge in [0.1, 0.15) is 11.6 Å². The maximum atomic E-state index is 10.1. The van der Waals surface area contributed by atoms with E-state index in [1.807, 2.05) is 18.2 Å². The Morgan fingerprint density at radius 1 is 1.11 bits per heavy atom. The van der Waals surface area contributed by atoms with Gasteiger partial charge in [0.25, 0.3) is 0 Å². The number of pyridine rings is 1. The molecule has 0 saturated heterocycles. The van der Waals surface area contributed by atoms with E-state index in [9.17, 15) is 5.11 Å². The molecule has 1 N–H and O–H groups in total. The number of aromatic nitrogens is 1. The normalized spacial score (nSPS) is 10.9. The highest BCUT2D eigenvalue weighted by molar-refractivity contribution is 6.39. The fourth-order valence-corrected chi connectivity index (χ4v) is 3.03. The molecule has 0 aliphatic rings. The summed E-state index contributed by atoms with van der Waals surface area (Å²) in [5.41, 5.74) is 1.82. The number of nitriles is 1. The Morgan fingerprint density at radius 2 is 1.93 bits per heavy atom. The molecule has 0 amide bonds. The number of ether oxygens (including phenoxy) is 2. The van der Waals surface area contributed by atoms with E-state index >= 15 is 0 Å². The predicted molar refractivity (Wildman–Crippen MR) is 106 cm³/mol. The Balaban J connectivity index is 1.92. The fraction of sp³-hybridized carbons (Fsp3) is 0.100. The summed E-state index contributed by atoms with van der Waals surface area (Å²) in [5, 5.41) is 19.9. The predicted octanol–water partition coefficient (Wildman–Crippen LogP) is 5.33. The zero-order valence-electron chi connectivity index (χ0n) is 14.2. The van der Waals surface area contributed by atoms with E-state index < -0.39 is 0 Å². The molecule has 0 aliphatic heterocycles. The Labute approximate surface area is 166 Å². The van der Waals surface area contributed by atoms with E-state index in [4.69, 9.17) is 37.9 Å². The van der Waals surface area contributed by atoms with Crippen LogP contribution in [0.15, 0.2) is 36.4 Å². The van der Waals surface area contributed by atoms with Crippen LogP contribution in [0.3, 0.4) is 0 Å². The Kier molecular flexibility index (Phi) is 5.70. The van der Waals surface area contributed by atoms with E-state index in [0.29, 0.717) is 33.1 Å². The van der Waals surface area contributed by atoms with Gasteiger partial charge in [0.05, 0.1) is 22.8 Å². The molecule has 0 fully saturated rings. The highest BCUT2D eigenvalue weighted by Crippen LogP contribution is 2.36. The van der Waals surface area contributed by atoms with Gasteiger partial charge in [-0.2, -0.15) is 5.26 Å². The largest absolute Gasteiger partial charge is 0.504 e. The van der Waals surface area contributed by atoms with Crippen molar-refractivity contribution in [3.8, 4) is 23.3 Å². The lowest BCUT2D eigenvalue weighted by Gasteiger charge is -2.09. The average Bonchev–Trinajstić information content (AvgIpc) is 2.69. The number of benzene rings is 2. The third kappa shape index (κ3) is 4.08. The quantitative estimate of drug-likeness (QED) is 0.626. The van der Waals surface area contributed by atoms with Crippen LogP contribution in [0.2, 0.25) is 10.0 Å². The maximum absolute atomic E-state index is 10.1. The van der Waals surface area contributed by atoms with E-state index in [1.54, 1.807) is 30.3 Å². The van der Waals surface area contributed by atoms with Crippen LogP contribution < -0.4 is 9.47 Å². The van der Waals surface area contributed by atoms with Crippen molar-refractivity contribution in [2.75, 3.05) is 13.7 Å². The third-order valence-corrected chi connectivity index (χ3v) is 4.41. The minimum atomic E-state index is -0.105. The second kappa shape index (κ2) is 8.17. The van der Waals surface area contributed by atoms with Crippen molar-refractivity contribution in [2.24, 2.45) is 0 Å². The Bertz CT molecular complexity index is 1070. The number of phenolic OH excluding ortho intramolecular Hbond substituents is 1. The van der Waals surface area contributed by atoms with Crippen molar-refractivity contribution in [3.63, 3.8) is 0 Å². The number of halogens is 2. The highest BCUT2D eigenvalue weighted by Gasteiger charge is 2.11. The number of methoxy groups -OCH3 is 1. The van der Waals surface area contributed by atoms with E-state index in [2.05, 4.69) is 4.98 Å². The SMILES string of the molecule is COc1cc(/C=C/c2ccc3c(Cl)cc(Cl)c(O)c3n2)ccc1OCC#N. The number of fused-ring (bicyclic) bond motifs is 1. The molecule has 0 atom stereocenters. The van der Waals surface area contributed by atoms with E-state index in [-0.39, 0.29) is 17.4 Å². The van der Waals surface area contributed by atoms with Crippen LogP contribution in [0.4, 0.5) is 0 Å². The Morgan fingerprint density at radius 3 is 2.67 bits per heavy atom. The lowest BCUT2D eigenvalue weighted by molar-refractivity contribution is 0.329. The van der Waals surface area contributed by atoms with Crippen molar-refractivity contribution in [2.45, 2.75) is 0 Å². The molecular weight excluding hydrogens is 387 g/mol. The first-order chi connectivity index (χ1) is 13.0. The van der Waals surface area contributed by atoms with Gasteiger partial charge in [-0.15, -0.1) is 0 Å². The molecule has 0 aliphatic carbocycles. The molecule has 1 aromatic heterocycles. The van der Waals surface area contributed by atoms with Gasteiger partial charge in [-0.1, -0.05) is 35.3 Å². The lowest BCUT2D eigenvalue weighted by atomic mass is 10.1. The fourth-order valence-electron chi connectivity index (χ4n) is 2.51. The third-order valence-electron chi connectivity index (χ3n) is 3.80. The minimum Gasteiger partial charge on any atom is -0.504 e. The van der Waals surface area contributed by atoms with Crippen LogP contribution in [0.1, 0.15) is 11.3 Å². The van der Waals surface area contributed by atoms with Crippen molar-refractivity contribution < 1.29 is 14.6 Å². The average molecular weight is 401 g/mol. The summed E-state index contributed by atoms with van der Waals surface area (Å²) in [6, 6.07) is 12.3. The molecule has 0 bridgehead atoms. The molecule has 3 rings (SSSR count). The van der Waals surface area contributed by atoms with Crippen molar-refractivity contribution in [1.82, 2.24) is 4.98 Å². The lowest BCUT2D eigenvalue weighted by Crippen LogP contribution is -1.96. The van der Waals surface area contributed by atoms with E-state index in [1.165, 1.54) is 13.2 Å². The first-order valence-electron chi connectivity index (χ1n) is 7.87. The van der Waals surface area contributed by atoms with Gasteiger partial charge in [0.2, 0.25) is 0 Å². The summed E-state index contributed by atoms with van der Waals surface area (Å²) < 4.78 is 10.6. The summed E-state index contributed by atoms with van der Waals surface area (Å²) >= 11 is 12.1. The smallest absolute Gasteiger partial charge is 0.174 e. The second-order valence-corrected chi connectivity index (χ2v) is 6.33. The summed E-state index contributed by atoms with van der Waals surface area (Å²) in [6.45, 7) is -0.0544. The van der Waals surface area contributed by atoms with Crippen LogP contribution in [0.25, 0.3) is 23.1 Å². The first kappa shape index (κ1) is 18.8. The van der Waals surface area contributed by atoms with Gasteiger partial charge >= 0.3 is 0 Å². The molecule has 5 nitrogen and oxygen atoms in total. The Hall–Kier alpha value is -2.94. The monoisotopic (exact) mass is 400 g/mol. The van der Waals surface area contributed by atoms with Gasteiger partial charge < -0.3 is 14.6 Å². The summed E-state index contributed by atoms with van der Waals surface area (Å²) in [7, 11) is 1.53. The standard InChI is InChI=1S/C20H14Cl2N2O3/c1-26-18-10-12(3-7-17(18)27-9-8-23)2-4-13-5-6-14-15(21)11-16(22)20(25)19(14)24-13/h2-7,10-11,25H,9H2,1H3/b4-2+. The summed E-state index contributed by atoms with van der Waals surface area (Å²) in [6.07, 6.45) is 3.63. The molecule has 0 radical (unpaired) electrons. The van der Waals surface area contributed by atoms with Crippen molar-refractivity contribution in [3.05, 3.63) is 57.7 Å². The van der Waals surface area contributed by atoms with Crippen LogP contribution in [-0.4, -0.2) is 23.8 Å². The van der Waals surface area contributed by atoms with Gasteiger partial charge in [0, 0.05) is 5.39 Å². The minimum absolute atomic E-state index is 0.0544. The second-order valence-electron chi connectivity index (χ2n) is 5.51. The highest BCUT2D eigenvalue weighted by atomic mass is 35.5. The molecule has 7 heteroatoms. The molecule has 136 valence electrons. The number of phenols is 1. The number of aromatic hydroxyl groups is 1. The molecule has 2 aromatic carbocycles. The van der Waals surface area contributed by atoms with Gasteiger partial charge in [0.15, 0.2) is 23.9 Å². The van der Waals surface area contributed by atoms with E-state index in [0.717, 1.165) is 5.56 Å². The molecule has 0 spiro atoms. The maximum Gasteiger partial charge on any atom is 0.174 e. The molecule has 0 saturated carbocycles. The summed E-state index contributed by atoms with van der Waals surface area (Å²) in [5.74, 6) is 0.913. The van der Waals surface area contributed by atoms with Gasteiger partial charge in [-0.05, 0) is 42.0 Å². The molecule has 0 unspecified atom stereocenters. The summed E-state index contributed by atoms with van der Waals surface area (Å²) in [4.78, 5) is 4.41. The molecule has 1 heterocycles. The first-order valence-corrected chi connectivity index (χ1v) is 8.62. The molecular formula is C20H14Cl2N2O3. The zero-order valence-corrected chi connectivity index (χ0v) is 15.8. The van der Waals surface area contributed by atoms with Crippen LogP contribution >= 0.6 is 23.2 Å². The number of hydrogen-bond acceptors (Lipinski definition) is 5. The van der Waals surface area contributed by atoms with Crippen LogP contribution in [0, 0.1) is 11.3 Å². The van der Waals surface area contributed by atoms with Crippen molar-refractivity contribution >= 4 is 46.3 Å². The molecule has 27 heavy (non-hydrogen) atoms. The molecule has 3 aromatic rings. The number of nitrogens with zero attached hydrogens (tertiary/aromatic N) is 2. The van der Waals surface area contributed by atoms with Crippen LogP contribution in [0.5, 0.6) is 17.2 Å². The van der Waals surface area contributed by atoms with Crippen LogP contribution in [-0.2, 0) is 0 Å². The zero-order chi connectivity index (χ0) is 19.4. The topological polar surface area (TPSA) is 75.4 Å². The van der Waals surface area contributed by atoms with Crippen molar-refractivity contribution in [1.29, 1.82) is 5.26 Å².